The molecular formula is C17H24N4O6. The van der Waals surface area contributed by atoms with Crippen LogP contribution in [0.2, 0.25) is 0 Å². The van der Waals surface area contributed by atoms with E-state index in [1.807, 2.05) is 0 Å². The first-order chi connectivity index (χ1) is 12.5. The summed E-state index contributed by atoms with van der Waals surface area (Å²) in [6.07, 6.45) is -1.34. The van der Waals surface area contributed by atoms with Crippen molar-refractivity contribution in [3.63, 3.8) is 0 Å². The number of aliphatic imine (C=N–C) groups is 1. The Hall–Kier alpha value is -3.30. The number of benzene rings is 1. The van der Waals surface area contributed by atoms with Gasteiger partial charge in [0, 0.05) is 6.42 Å². The van der Waals surface area contributed by atoms with Crippen LogP contribution in [0.25, 0.3) is 0 Å². The van der Waals surface area contributed by atoms with E-state index < -0.39 is 29.7 Å². The molecule has 1 atom stereocenters. The standard InChI is InChI=1S/C17H24N4O6/c1-17(2,3)27-16(25)21-12(8-9-13(22)23)14(24)26-11-6-4-10(5-7-11)20-15(18)19/h4-7,12H,8-9H2,1-3H3,(H,21,25)(H,22,23)(H4,18,19,20)/t12-/m1/s1. The molecule has 1 aromatic rings. The minimum Gasteiger partial charge on any atom is -0.481 e. The summed E-state index contributed by atoms with van der Waals surface area (Å²) in [7, 11) is 0. The molecule has 10 nitrogen and oxygen atoms in total. The molecule has 0 unspecified atom stereocenters. The Morgan fingerprint density at radius 3 is 2.26 bits per heavy atom. The number of aliphatic carboxylic acids is 1. The van der Waals surface area contributed by atoms with Gasteiger partial charge in [-0.15, -0.1) is 0 Å². The highest BCUT2D eigenvalue weighted by molar-refractivity contribution is 5.84. The van der Waals surface area contributed by atoms with Gasteiger partial charge in [0.25, 0.3) is 0 Å². The zero-order valence-corrected chi connectivity index (χ0v) is 15.4. The zero-order valence-electron chi connectivity index (χ0n) is 15.4. The van der Waals surface area contributed by atoms with E-state index in [2.05, 4.69) is 10.3 Å². The van der Waals surface area contributed by atoms with Gasteiger partial charge in [-0.05, 0) is 51.5 Å². The van der Waals surface area contributed by atoms with E-state index in [9.17, 15) is 14.4 Å². The number of carboxylic acid groups (broad SMARTS) is 1. The first-order valence-corrected chi connectivity index (χ1v) is 8.09. The van der Waals surface area contributed by atoms with Gasteiger partial charge in [0.05, 0.1) is 5.69 Å². The van der Waals surface area contributed by atoms with Gasteiger partial charge in [-0.1, -0.05) is 0 Å². The number of nitrogens with two attached hydrogens (primary N) is 2. The molecule has 27 heavy (non-hydrogen) atoms. The molecule has 0 saturated heterocycles. The molecule has 0 saturated carbocycles. The molecule has 0 aliphatic heterocycles. The van der Waals surface area contributed by atoms with Crippen molar-refractivity contribution in [3.8, 4) is 5.75 Å². The van der Waals surface area contributed by atoms with Crippen LogP contribution in [0.3, 0.4) is 0 Å². The van der Waals surface area contributed by atoms with E-state index in [4.69, 9.17) is 26.0 Å². The van der Waals surface area contributed by atoms with Crippen molar-refractivity contribution < 1.29 is 29.0 Å². The van der Waals surface area contributed by atoms with Crippen LogP contribution in [0.1, 0.15) is 33.6 Å². The van der Waals surface area contributed by atoms with Gasteiger partial charge in [0.1, 0.15) is 17.4 Å². The number of carbonyl (C=O) groups is 3. The summed E-state index contributed by atoms with van der Waals surface area (Å²) in [6, 6.07) is 4.78. The normalized spacial score (nSPS) is 11.8. The van der Waals surface area contributed by atoms with Crippen LogP contribution in [0.15, 0.2) is 29.3 Å². The predicted molar refractivity (Wildman–Crippen MR) is 97.6 cm³/mol. The van der Waals surface area contributed by atoms with Crippen LogP contribution in [0.5, 0.6) is 5.75 Å². The molecule has 148 valence electrons. The molecule has 0 aliphatic carbocycles. The Morgan fingerprint density at radius 1 is 1.19 bits per heavy atom. The first-order valence-electron chi connectivity index (χ1n) is 8.09. The fourth-order valence-electron chi connectivity index (χ4n) is 1.89. The van der Waals surface area contributed by atoms with Crippen molar-refractivity contribution in [2.45, 2.75) is 45.3 Å². The minimum absolute atomic E-state index is 0.116. The molecular weight excluding hydrogens is 356 g/mol. The Kier molecular flexibility index (Phi) is 7.58. The van der Waals surface area contributed by atoms with E-state index in [0.29, 0.717) is 5.69 Å². The van der Waals surface area contributed by atoms with Gasteiger partial charge < -0.3 is 31.4 Å². The molecule has 0 fully saturated rings. The Labute approximate surface area is 156 Å². The molecule has 1 aromatic carbocycles. The van der Waals surface area contributed by atoms with E-state index >= 15 is 0 Å². The number of carbonyl (C=O) groups excluding carboxylic acids is 2. The van der Waals surface area contributed by atoms with Gasteiger partial charge in [-0.3, -0.25) is 4.79 Å². The maximum absolute atomic E-state index is 12.3. The molecule has 0 aliphatic rings. The van der Waals surface area contributed by atoms with Crippen molar-refractivity contribution in [3.05, 3.63) is 24.3 Å². The van der Waals surface area contributed by atoms with Gasteiger partial charge >= 0.3 is 18.0 Å². The van der Waals surface area contributed by atoms with Crippen molar-refractivity contribution in [1.82, 2.24) is 5.32 Å². The summed E-state index contributed by atoms with van der Waals surface area (Å²) in [5.41, 5.74) is 10.2. The second-order valence-electron chi connectivity index (χ2n) is 6.58. The highest BCUT2D eigenvalue weighted by Crippen LogP contribution is 2.19. The number of hydrogen-bond acceptors (Lipinski definition) is 6. The minimum atomic E-state index is -1.19. The Bertz CT molecular complexity index is 705. The van der Waals surface area contributed by atoms with Gasteiger partial charge in [0.15, 0.2) is 5.96 Å². The number of amides is 1. The van der Waals surface area contributed by atoms with Crippen LogP contribution in [0, 0.1) is 0 Å². The van der Waals surface area contributed by atoms with Crippen LogP contribution in [-0.4, -0.2) is 40.7 Å². The quantitative estimate of drug-likeness (QED) is 0.237. The second-order valence-corrected chi connectivity index (χ2v) is 6.58. The van der Waals surface area contributed by atoms with E-state index in [-0.39, 0.29) is 24.6 Å². The maximum atomic E-state index is 12.3. The number of nitrogens with one attached hydrogen (secondary N) is 1. The average molecular weight is 380 g/mol. The monoisotopic (exact) mass is 380 g/mol. The summed E-state index contributed by atoms with van der Waals surface area (Å²) in [5, 5.41) is 11.2. The third-order valence-electron chi connectivity index (χ3n) is 2.94. The van der Waals surface area contributed by atoms with Crippen LogP contribution < -0.4 is 21.5 Å². The highest BCUT2D eigenvalue weighted by Gasteiger charge is 2.26. The number of nitrogens with zero attached hydrogens (tertiary/aromatic N) is 1. The van der Waals surface area contributed by atoms with Gasteiger partial charge in [-0.2, -0.15) is 0 Å². The summed E-state index contributed by atoms with van der Waals surface area (Å²) in [6.45, 7) is 4.99. The molecule has 0 bridgehead atoms. The third kappa shape index (κ3) is 9.10. The predicted octanol–water partition coefficient (Wildman–Crippen LogP) is 1.26. The lowest BCUT2D eigenvalue weighted by molar-refractivity contribution is -0.139. The summed E-state index contributed by atoms with van der Waals surface area (Å²) >= 11 is 0. The lowest BCUT2D eigenvalue weighted by atomic mass is 10.1. The van der Waals surface area contributed by atoms with Crippen molar-refractivity contribution in [2.24, 2.45) is 16.5 Å². The fourth-order valence-corrected chi connectivity index (χ4v) is 1.89. The molecule has 10 heteroatoms. The summed E-state index contributed by atoms with van der Waals surface area (Å²) in [5.74, 6) is -1.87. The Morgan fingerprint density at radius 2 is 1.78 bits per heavy atom. The smallest absolute Gasteiger partial charge is 0.408 e. The third-order valence-corrected chi connectivity index (χ3v) is 2.94. The average Bonchev–Trinajstić information content (AvgIpc) is 2.50. The molecule has 0 heterocycles. The Balaban J connectivity index is 2.81. The van der Waals surface area contributed by atoms with E-state index in [0.717, 1.165) is 0 Å². The van der Waals surface area contributed by atoms with Crippen LogP contribution in [0.4, 0.5) is 10.5 Å². The first kappa shape index (κ1) is 21.7. The number of guanidine groups is 1. The van der Waals surface area contributed by atoms with Crippen LogP contribution >= 0.6 is 0 Å². The molecule has 1 amide bonds. The molecule has 0 radical (unpaired) electrons. The zero-order chi connectivity index (χ0) is 20.6. The maximum Gasteiger partial charge on any atom is 0.408 e. The summed E-state index contributed by atoms with van der Waals surface area (Å²) < 4.78 is 10.3. The highest BCUT2D eigenvalue weighted by atomic mass is 16.6. The number of carboxylic acids is 1. The fraction of sp³-hybridized carbons (Fsp3) is 0.412. The number of alkyl carbamates (subject to hydrolysis) is 1. The van der Waals surface area contributed by atoms with Crippen molar-refractivity contribution in [1.29, 1.82) is 0 Å². The van der Waals surface area contributed by atoms with E-state index in [1.54, 1.807) is 20.8 Å². The lowest BCUT2D eigenvalue weighted by Gasteiger charge is -2.22. The molecule has 6 N–H and O–H groups in total. The summed E-state index contributed by atoms with van der Waals surface area (Å²) in [4.78, 5) is 38.9. The second kappa shape index (κ2) is 9.41. The number of esters is 1. The van der Waals surface area contributed by atoms with Crippen molar-refractivity contribution in [2.75, 3.05) is 0 Å². The number of hydrogen-bond donors (Lipinski definition) is 4. The molecule has 0 aromatic heterocycles. The molecule has 0 spiro atoms. The van der Waals surface area contributed by atoms with Gasteiger partial charge in [-0.25, -0.2) is 14.6 Å². The molecule has 1 rings (SSSR count). The largest absolute Gasteiger partial charge is 0.481 e. The van der Waals surface area contributed by atoms with Crippen LogP contribution in [-0.2, 0) is 14.3 Å². The topological polar surface area (TPSA) is 166 Å². The SMILES string of the molecule is CC(C)(C)OC(=O)N[C@H](CCC(=O)O)C(=O)Oc1ccc(N=C(N)N)cc1. The number of rotatable bonds is 7. The van der Waals surface area contributed by atoms with E-state index in [1.165, 1.54) is 24.3 Å². The lowest BCUT2D eigenvalue weighted by Crippen LogP contribution is -2.45. The van der Waals surface area contributed by atoms with Gasteiger partial charge in [0.2, 0.25) is 0 Å². The van der Waals surface area contributed by atoms with Crippen molar-refractivity contribution >= 4 is 29.7 Å². The number of ether oxygens (including phenoxy) is 2.